The first kappa shape index (κ1) is 10.0. The number of aliphatic hydroxyl groups excluding tert-OH is 2. The lowest BCUT2D eigenvalue weighted by atomic mass is 10.1. The normalized spacial score (nSPS) is 19.5. The van der Waals surface area contributed by atoms with Crippen LogP contribution in [-0.2, 0) is 0 Å². The molecule has 12 heavy (non-hydrogen) atoms. The minimum atomic E-state index is -0.0286. The molecule has 1 aliphatic carbocycles. The molecule has 1 atom stereocenters. The smallest absolute Gasteiger partial charge is 0.0568 e. The van der Waals surface area contributed by atoms with E-state index in [-0.39, 0.29) is 6.10 Å². The second-order valence-electron chi connectivity index (χ2n) is 3.83. The Balaban J connectivity index is 1.81. The zero-order chi connectivity index (χ0) is 8.81. The topological polar surface area (TPSA) is 40.5 Å². The Hall–Kier alpha value is -0.0800. The van der Waals surface area contributed by atoms with Crippen LogP contribution in [0.15, 0.2) is 0 Å². The lowest BCUT2D eigenvalue weighted by Gasteiger charge is -2.07. The molecule has 0 spiro atoms. The van der Waals surface area contributed by atoms with E-state index in [0.717, 1.165) is 32.1 Å². The predicted octanol–water partition coefficient (Wildman–Crippen LogP) is 1.70. The van der Waals surface area contributed by atoms with E-state index in [4.69, 9.17) is 5.11 Å². The van der Waals surface area contributed by atoms with Gasteiger partial charge < -0.3 is 10.2 Å². The first-order chi connectivity index (χ1) is 5.84. The SMILES string of the molecule is OCCCCCCC(O)C1CC1. The lowest BCUT2D eigenvalue weighted by molar-refractivity contribution is 0.137. The van der Waals surface area contributed by atoms with E-state index in [1.807, 2.05) is 0 Å². The van der Waals surface area contributed by atoms with Crippen molar-refractivity contribution in [2.75, 3.05) is 6.61 Å². The third-order valence-electron chi connectivity index (χ3n) is 2.57. The van der Waals surface area contributed by atoms with Crippen molar-refractivity contribution in [2.45, 2.75) is 51.0 Å². The Morgan fingerprint density at radius 2 is 1.75 bits per heavy atom. The summed E-state index contributed by atoms with van der Waals surface area (Å²) >= 11 is 0. The van der Waals surface area contributed by atoms with Gasteiger partial charge in [0.05, 0.1) is 6.10 Å². The van der Waals surface area contributed by atoms with Crippen LogP contribution < -0.4 is 0 Å². The Labute approximate surface area is 74.6 Å². The van der Waals surface area contributed by atoms with Crippen LogP contribution in [0.3, 0.4) is 0 Å². The number of unbranched alkanes of at least 4 members (excludes halogenated alkanes) is 3. The molecule has 0 aromatic heterocycles. The monoisotopic (exact) mass is 172 g/mol. The highest BCUT2D eigenvalue weighted by molar-refractivity contribution is 4.80. The van der Waals surface area contributed by atoms with Crippen LogP contribution in [0.4, 0.5) is 0 Å². The lowest BCUT2D eigenvalue weighted by Crippen LogP contribution is -2.08. The van der Waals surface area contributed by atoms with Gasteiger partial charge in [0.25, 0.3) is 0 Å². The van der Waals surface area contributed by atoms with Crippen molar-refractivity contribution >= 4 is 0 Å². The van der Waals surface area contributed by atoms with Gasteiger partial charge in [0, 0.05) is 6.61 Å². The van der Waals surface area contributed by atoms with Crippen LogP contribution in [0.5, 0.6) is 0 Å². The summed E-state index contributed by atoms with van der Waals surface area (Å²) in [6, 6.07) is 0. The molecule has 2 N–H and O–H groups in total. The summed E-state index contributed by atoms with van der Waals surface area (Å²) in [5, 5.41) is 18.0. The second kappa shape index (κ2) is 5.55. The zero-order valence-electron chi connectivity index (χ0n) is 7.71. The van der Waals surface area contributed by atoms with Crippen LogP contribution in [0.1, 0.15) is 44.9 Å². The fourth-order valence-corrected chi connectivity index (χ4v) is 1.54. The highest BCUT2D eigenvalue weighted by Gasteiger charge is 2.28. The first-order valence-corrected chi connectivity index (χ1v) is 5.13. The summed E-state index contributed by atoms with van der Waals surface area (Å²) in [4.78, 5) is 0. The summed E-state index contributed by atoms with van der Waals surface area (Å²) in [5.74, 6) is 0.628. The highest BCUT2D eigenvalue weighted by atomic mass is 16.3. The van der Waals surface area contributed by atoms with Crippen molar-refractivity contribution in [1.82, 2.24) is 0 Å². The summed E-state index contributed by atoms with van der Waals surface area (Å²) in [6.45, 7) is 0.311. The minimum absolute atomic E-state index is 0.0286. The fourth-order valence-electron chi connectivity index (χ4n) is 1.54. The maximum absolute atomic E-state index is 9.50. The standard InChI is InChI=1S/C10H20O2/c11-8-4-2-1-3-5-10(12)9-6-7-9/h9-12H,1-8H2. The van der Waals surface area contributed by atoms with Crippen molar-refractivity contribution in [3.8, 4) is 0 Å². The molecular formula is C10H20O2. The summed E-state index contributed by atoms with van der Waals surface area (Å²) in [5.41, 5.74) is 0. The van der Waals surface area contributed by atoms with Crippen LogP contribution >= 0.6 is 0 Å². The van der Waals surface area contributed by atoms with Crippen LogP contribution in [-0.4, -0.2) is 22.9 Å². The summed E-state index contributed by atoms with van der Waals surface area (Å²) < 4.78 is 0. The highest BCUT2D eigenvalue weighted by Crippen LogP contribution is 2.34. The van der Waals surface area contributed by atoms with Gasteiger partial charge in [-0.15, -0.1) is 0 Å². The maximum Gasteiger partial charge on any atom is 0.0568 e. The van der Waals surface area contributed by atoms with E-state index in [0.29, 0.717) is 12.5 Å². The molecule has 0 aromatic carbocycles. The number of hydrogen-bond donors (Lipinski definition) is 2. The van der Waals surface area contributed by atoms with E-state index in [1.54, 1.807) is 0 Å². The van der Waals surface area contributed by atoms with Gasteiger partial charge in [0.1, 0.15) is 0 Å². The largest absolute Gasteiger partial charge is 0.396 e. The number of rotatable bonds is 7. The summed E-state index contributed by atoms with van der Waals surface area (Å²) in [6.07, 6.45) is 7.71. The molecule has 0 radical (unpaired) electrons. The Kier molecular flexibility index (Phi) is 4.62. The molecule has 2 heteroatoms. The van der Waals surface area contributed by atoms with Crippen LogP contribution in [0.2, 0.25) is 0 Å². The van der Waals surface area contributed by atoms with Gasteiger partial charge >= 0.3 is 0 Å². The molecule has 0 amide bonds. The Morgan fingerprint density at radius 3 is 2.33 bits per heavy atom. The molecule has 1 unspecified atom stereocenters. The molecule has 0 aliphatic heterocycles. The average Bonchev–Trinajstić information content (AvgIpc) is 2.86. The molecule has 0 heterocycles. The van der Waals surface area contributed by atoms with Crippen LogP contribution in [0, 0.1) is 5.92 Å². The van der Waals surface area contributed by atoms with Gasteiger partial charge in [-0.1, -0.05) is 19.3 Å². The van der Waals surface area contributed by atoms with Crippen LogP contribution in [0.25, 0.3) is 0 Å². The summed E-state index contributed by atoms with van der Waals surface area (Å²) in [7, 11) is 0. The van der Waals surface area contributed by atoms with E-state index >= 15 is 0 Å². The van der Waals surface area contributed by atoms with E-state index in [1.165, 1.54) is 12.8 Å². The first-order valence-electron chi connectivity index (χ1n) is 5.13. The maximum atomic E-state index is 9.50. The second-order valence-corrected chi connectivity index (χ2v) is 3.83. The molecule has 2 nitrogen and oxygen atoms in total. The molecule has 1 fully saturated rings. The Morgan fingerprint density at radius 1 is 1.08 bits per heavy atom. The van der Waals surface area contributed by atoms with Gasteiger partial charge in [-0.2, -0.15) is 0 Å². The zero-order valence-corrected chi connectivity index (χ0v) is 7.71. The number of hydrogen-bond acceptors (Lipinski definition) is 2. The van der Waals surface area contributed by atoms with E-state index < -0.39 is 0 Å². The molecule has 1 rings (SSSR count). The third kappa shape index (κ3) is 4.07. The van der Waals surface area contributed by atoms with Gasteiger partial charge in [-0.3, -0.25) is 0 Å². The Bertz CT molecular complexity index is 110. The predicted molar refractivity (Wildman–Crippen MR) is 48.9 cm³/mol. The average molecular weight is 172 g/mol. The van der Waals surface area contributed by atoms with Gasteiger partial charge in [0.15, 0.2) is 0 Å². The van der Waals surface area contributed by atoms with Gasteiger partial charge in [-0.05, 0) is 31.6 Å². The third-order valence-corrected chi connectivity index (χ3v) is 2.57. The van der Waals surface area contributed by atoms with Crippen molar-refractivity contribution in [3.63, 3.8) is 0 Å². The van der Waals surface area contributed by atoms with Crippen molar-refractivity contribution in [3.05, 3.63) is 0 Å². The van der Waals surface area contributed by atoms with E-state index in [2.05, 4.69) is 0 Å². The molecular weight excluding hydrogens is 152 g/mol. The molecule has 0 bridgehead atoms. The molecule has 0 aromatic rings. The van der Waals surface area contributed by atoms with Crippen molar-refractivity contribution < 1.29 is 10.2 Å². The quantitative estimate of drug-likeness (QED) is 0.574. The van der Waals surface area contributed by atoms with Gasteiger partial charge in [-0.25, -0.2) is 0 Å². The molecule has 1 saturated carbocycles. The molecule has 72 valence electrons. The van der Waals surface area contributed by atoms with E-state index in [9.17, 15) is 5.11 Å². The molecule has 1 aliphatic rings. The van der Waals surface area contributed by atoms with Crippen molar-refractivity contribution in [2.24, 2.45) is 5.92 Å². The minimum Gasteiger partial charge on any atom is -0.396 e. The molecule has 0 saturated heterocycles. The van der Waals surface area contributed by atoms with Gasteiger partial charge in [0.2, 0.25) is 0 Å². The number of aliphatic hydroxyl groups is 2. The fraction of sp³-hybridized carbons (Fsp3) is 1.00. The van der Waals surface area contributed by atoms with Crippen molar-refractivity contribution in [1.29, 1.82) is 0 Å².